The molecular formula is C25H26N4O3S2. The van der Waals surface area contributed by atoms with Crippen molar-refractivity contribution >= 4 is 56.5 Å². The number of para-hydroxylation sites is 1. The zero-order chi connectivity index (χ0) is 23.8. The fourth-order valence-electron chi connectivity index (χ4n) is 4.59. The highest BCUT2D eigenvalue weighted by molar-refractivity contribution is 7.99. The second-order valence-electron chi connectivity index (χ2n) is 8.45. The minimum atomic E-state index is -0.356. The van der Waals surface area contributed by atoms with Crippen molar-refractivity contribution in [2.24, 2.45) is 0 Å². The lowest BCUT2D eigenvalue weighted by Gasteiger charge is -2.12. The van der Waals surface area contributed by atoms with Crippen LogP contribution in [0.15, 0.2) is 29.4 Å². The van der Waals surface area contributed by atoms with Gasteiger partial charge in [0.1, 0.15) is 5.00 Å². The molecule has 1 amide bonds. The monoisotopic (exact) mass is 494 g/mol. The van der Waals surface area contributed by atoms with Gasteiger partial charge in [-0.2, -0.15) is 0 Å². The van der Waals surface area contributed by atoms with Crippen LogP contribution in [0.5, 0.6) is 0 Å². The van der Waals surface area contributed by atoms with Crippen molar-refractivity contribution in [3.63, 3.8) is 0 Å². The minimum Gasteiger partial charge on any atom is -0.462 e. The predicted molar refractivity (Wildman–Crippen MR) is 136 cm³/mol. The number of carbonyl (C=O) groups is 2. The summed E-state index contributed by atoms with van der Waals surface area (Å²) in [4.78, 5) is 26.8. The van der Waals surface area contributed by atoms with E-state index in [0.29, 0.717) is 22.3 Å². The highest BCUT2D eigenvalue weighted by Crippen LogP contribution is 2.39. The SMILES string of the molecule is CCOC(=O)c1c(NC(=O)CSc2nnc3cc(C)c4cccc(C)c4n23)sc2c1CCCC2. The number of benzene rings is 1. The number of fused-ring (bicyclic) bond motifs is 4. The van der Waals surface area contributed by atoms with Gasteiger partial charge in [0, 0.05) is 10.3 Å². The molecule has 0 atom stereocenters. The molecule has 1 aliphatic carbocycles. The Morgan fingerprint density at radius 2 is 2.00 bits per heavy atom. The highest BCUT2D eigenvalue weighted by atomic mass is 32.2. The van der Waals surface area contributed by atoms with Crippen LogP contribution in [0.3, 0.4) is 0 Å². The number of ether oxygens (including phenoxy) is 1. The van der Waals surface area contributed by atoms with Gasteiger partial charge in [0.15, 0.2) is 10.8 Å². The fraction of sp³-hybridized carbons (Fsp3) is 0.360. The molecular weight excluding hydrogens is 468 g/mol. The van der Waals surface area contributed by atoms with Crippen LogP contribution in [0.1, 0.15) is 51.7 Å². The van der Waals surface area contributed by atoms with E-state index >= 15 is 0 Å². The zero-order valence-corrected chi connectivity index (χ0v) is 21.1. The molecule has 0 unspecified atom stereocenters. The van der Waals surface area contributed by atoms with E-state index < -0.39 is 0 Å². The van der Waals surface area contributed by atoms with Gasteiger partial charge in [-0.3, -0.25) is 9.20 Å². The Morgan fingerprint density at radius 1 is 1.18 bits per heavy atom. The van der Waals surface area contributed by atoms with Gasteiger partial charge in [-0.05, 0) is 69.2 Å². The summed E-state index contributed by atoms with van der Waals surface area (Å²) in [6.45, 7) is 6.23. The third kappa shape index (κ3) is 4.07. The Labute approximate surface area is 205 Å². The molecule has 3 heterocycles. The third-order valence-electron chi connectivity index (χ3n) is 6.13. The first-order valence-electron chi connectivity index (χ1n) is 11.5. The normalized spacial score (nSPS) is 13.3. The van der Waals surface area contributed by atoms with E-state index in [4.69, 9.17) is 4.74 Å². The lowest BCUT2D eigenvalue weighted by Crippen LogP contribution is -2.17. The Morgan fingerprint density at radius 3 is 2.82 bits per heavy atom. The second kappa shape index (κ2) is 9.38. The first-order chi connectivity index (χ1) is 16.5. The highest BCUT2D eigenvalue weighted by Gasteiger charge is 2.27. The van der Waals surface area contributed by atoms with Crippen LogP contribution in [0.4, 0.5) is 5.00 Å². The van der Waals surface area contributed by atoms with E-state index in [1.165, 1.54) is 28.0 Å². The molecule has 0 saturated heterocycles. The second-order valence-corrected chi connectivity index (χ2v) is 10.5. The molecule has 0 radical (unpaired) electrons. The number of thiophene rings is 1. The summed E-state index contributed by atoms with van der Waals surface area (Å²) in [7, 11) is 0. The van der Waals surface area contributed by atoms with E-state index in [1.807, 2.05) is 16.5 Å². The number of hydrogen-bond donors (Lipinski definition) is 1. The molecule has 3 aromatic heterocycles. The Bertz CT molecular complexity index is 1420. The molecule has 1 aromatic carbocycles. The van der Waals surface area contributed by atoms with Crippen molar-refractivity contribution in [1.29, 1.82) is 0 Å². The summed E-state index contributed by atoms with van der Waals surface area (Å²) in [6.07, 6.45) is 3.94. The number of aromatic nitrogens is 3. The third-order valence-corrected chi connectivity index (χ3v) is 8.26. The van der Waals surface area contributed by atoms with Gasteiger partial charge in [0.25, 0.3) is 0 Å². The molecule has 4 aromatic rings. The van der Waals surface area contributed by atoms with Crippen LogP contribution < -0.4 is 5.32 Å². The van der Waals surface area contributed by atoms with Crippen LogP contribution in [0.25, 0.3) is 16.6 Å². The summed E-state index contributed by atoms with van der Waals surface area (Å²) in [5.41, 5.74) is 5.66. The molecule has 0 aliphatic heterocycles. The van der Waals surface area contributed by atoms with E-state index in [1.54, 1.807) is 6.92 Å². The number of anilines is 1. The summed E-state index contributed by atoms with van der Waals surface area (Å²) in [5, 5.41) is 14.1. The first-order valence-corrected chi connectivity index (χ1v) is 13.3. The van der Waals surface area contributed by atoms with Gasteiger partial charge in [-0.1, -0.05) is 30.0 Å². The predicted octanol–water partition coefficient (Wildman–Crippen LogP) is 5.35. The number of rotatable bonds is 6. The van der Waals surface area contributed by atoms with Crippen LogP contribution in [-0.4, -0.2) is 38.8 Å². The van der Waals surface area contributed by atoms with Crippen LogP contribution in [0, 0.1) is 13.8 Å². The number of hydrogen-bond acceptors (Lipinski definition) is 7. The molecule has 34 heavy (non-hydrogen) atoms. The van der Waals surface area contributed by atoms with Gasteiger partial charge in [0.05, 0.1) is 23.4 Å². The number of pyridine rings is 1. The first kappa shape index (κ1) is 22.9. The molecule has 7 nitrogen and oxygen atoms in total. The quantitative estimate of drug-likeness (QED) is 0.287. The van der Waals surface area contributed by atoms with Crippen molar-refractivity contribution < 1.29 is 14.3 Å². The van der Waals surface area contributed by atoms with Crippen molar-refractivity contribution in [3.05, 3.63) is 51.4 Å². The number of amides is 1. The van der Waals surface area contributed by atoms with Crippen molar-refractivity contribution in [2.75, 3.05) is 17.7 Å². The summed E-state index contributed by atoms with van der Waals surface area (Å²) in [5.74, 6) is -0.378. The fourth-order valence-corrected chi connectivity index (χ4v) is 6.63. The molecule has 0 fully saturated rings. The molecule has 0 saturated carbocycles. The van der Waals surface area contributed by atoms with Crippen LogP contribution in [0.2, 0.25) is 0 Å². The maximum absolute atomic E-state index is 12.9. The topological polar surface area (TPSA) is 85.6 Å². The van der Waals surface area contributed by atoms with Crippen LogP contribution in [-0.2, 0) is 22.4 Å². The van der Waals surface area contributed by atoms with Gasteiger partial charge >= 0.3 is 5.97 Å². The summed E-state index contributed by atoms with van der Waals surface area (Å²) < 4.78 is 7.31. The maximum atomic E-state index is 12.9. The van der Waals surface area contributed by atoms with E-state index in [-0.39, 0.29) is 17.6 Å². The van der Waals surface area contributed by atoms with Gasteiger partial charge in [0.2, 0.25) is 5.91 Å². The molecule has 0 spiro atoms. The smallest absolute Gasteiger partial charge is 0.341 e. The summed E-state index contributed by atoms with van der Waals surface area (Å²) >= 11 is 2.84. The molecule has 9 heteroatoms. The van der Waals surface area contributed by atoms with Gasteiger partial charge in [-0.25, -0.2) is 4.79 Å². The zero-order valence-electron chi connectivity index (χ0n) is 19.4. The van der Waals surface area contributed by atoms with Crippen molar-refractivity contribution in [2.45, 2.75) is 51.6 Å². The van der Waals surface area contributed by atoms with Gasteiger partial charge < -0.3 is 10.1 Å². The van der Waals surface area contributed by atoms with E-state index in [0.717, 1.165) is 58.9 Å². The summed E-state index contributed by atoms with van der Waals surface area (Å²) in [6, 6.07) is 8.22. The minimum absolute atomic E-state index is 0.160. The molecule has 0 bridgehead atoms. The maximum Gasteiger partial charge on any atom is 0.341 e. The van der Waals surface area contributed by atoms with Crippen LogP contribution >= 0.6 is 23.1 Å². The van der Waals surface area contributed by atoms with Gasteiger partial charge in [-0.15, -0.1) is 21.5 Å². The molecule has 1 aliphatic rings. The number of thioether (sulfide) groups is 1. The Kier molecular flexibility index (Phi) is 6.31. The number of aryl methyl sites for hydroxylation is 3. The number of esters is 1. The molecule has 1 N–H and O–H groups in total. The number of nitrogens with one attached hydrogen (secondary N) is 1. The Balaban J connectivity index is 1.40. The number of carbonyl (C=O) groups excluding carboxylic acids is 2. The molecule has 176 valence electrons. The Hall–Kier alpha value is -2.91. The van der Waals surface area contributed by atoms with E-state index in [2.05, 4.69) is 41.5 Å². The van der Waals surface area contributed by atoms with E-state index in [9.17, 15) is 9.59 Å². The average Bonchev–Trinajstić information content (AvgIpc) is 3.38. The lowest BCUT2D eigenvalue weighted by molar-refractivity contribution is -0.113. The standard InChI is InChI=1S/C25H26N4O3S2/c1-4-32-24(31)21-17-9-5-6-11-18(17)34-23(21)26-20(30)13-33-25-28-27-19-12-15(3)16-10-7-8-14(2)22(16)29(19)25/h7-8,10,12H,4-6,9,11,13H2,1-3H3,(H,26,30). The lowest BCUT2D eigenvalue weighted by atomic mass is 9.95. The average molecular weight is 495 g/mol. The molecule has 5 rings (SSSR count). The van der Waals surface area contributed by atoms with Crippen molar-refractivity contribution in [1.82, 2.24) is 14.6 Å². The number of nitrogens with zero attached hydrogens (tertiary/aromatic N) is 3. The largest absolute Gasteiger partial charge is 0.462 e. The van der Waals surface area contributed by atoms with Crippen molar-refractivity contribution in [3.8, 4) is 0 Å².